The van der Waals surface area contributed by atoms with Gasteiger partial charge in [0.25, 0.3) is 11.8 Å². The highest BCUT2D eigenvalue weighted by Gasteiger charge is 2.27. The van der Waals surface area contributed by atoms with Crippen molar-refractivity contribution in [3.63, 3.8) is 0 Å². The predicted octanol–water partition coefficient (Wildman–Crippen LogP) is 9.68. The number of rotatable bonds is 17. The van der Waals surface area contributed by atoms with Crippen LogP contribution in [0.25, 0.3) is 21.5 Å². The molecule has 4 N–H and O–H groups in total. The van der Waals surface area contributed by atoms with Crippen LogP contribution in [0.1, 0.15) is 72.4 Å². The first-order valence-corrected chi connectivity index (χ1v) is 23.1. The molecule has 2 heterocycles. The SMILES string of the molecule is CCc1ccc2c(Cc3cccc(CC(NC(=O)c4c(F)cccc4F)C(=O)O)c3)nccc2c1.CN(C)Cc1cccc2c(Cc3cccc(CC(NC(=O)c4c(F)cccc4F)C(=O)O)c3)nccc12. The van der Waals surface area contributed by atoms with E-state index in [-0.39, 0.29) is 12.8 Å². The monoisotopic (exact) mass is 977 g/mol. The molecule has 6 aromatic carbocycles. The van der Waals surface area contributed by atoms with E-state index in [0.29, 0.717) is 24.0 Å². The van der Waals surface area contributed by atoms with Crippen LogP contribution in [0.15, 0.2) is 146 Å². The lowest BCUT2D eigenvalue weighted by atomic mass is 9.97. The number of carbonyl (C=O) groups is 4. The molecule has 0 aliphatic carbocycles. The number of amides is 2. The number of halogens is 4. The zero-order valence-corrected chi connectivity index (χ0v) is 39.6. The molecule has 2 atom stereocenters. The Morgan fingerprint density at radius 3 is 1.47 bits per heavy atom. The molecule has 8 aromatic rings. The molecule has 0 saturated heterocycles. The zero-order valence-electron chi connectivity index (χ0n) is 39.6. The fourth-order valence-corrected chi connectivity index (χ4v) is 8.48. The number of nitrogens with one attached hydrogen (secondary N) is 2. The summed E-state index contributed by atoms with van der Waals surface area (Å²) in [4.78, 5) is 59.8. The number of pyridine rings is 2. The average Bonchev–Trinajstić information content (AvgIpc) is 3.34. The normalized spacial score (nSPS) is 11.9. The van der Waals surface area contributed by atoms with E-state index in [2.05, 4.69) is 56.7 Å². The lowest BCUT2D eigenvalue weighted by Crippen LogP contribution is -2.43. The van der Waals surface area contributed by atoms with Gasteiger partial charge in [-0.2, -0.15) is 0 Å². The largest absolute Gasteiger partial charge is 0.480 e. The standard InChI is InChI=1S/C29H27F2N3O3.C28H24F2N2O3/c1-34(2)17-20-8-4-9-22-21(20)12-13-32-25(22)15-18-6-3-7-19(14-18)16-26(29(36)37)33-28(35)27-23(30)10-5-11-24(27)31;1-2-17-9-10-21-20(14-17)11-12-31-24(21)15-18-5-3-6-19(13-18)16-25(28(34)35)32-27(33)26-22(29)7-4-8-23(26)30/h3-14,26H,15-17H2,1-2H3,(H,33,35)(H,36,37);3-14,25H,2,15-16H2,1H3,(H,32,33)(H,34,35). The third kappa shape index (κ3) is 12.9. The lowest BCUT2D eigenvalue weighted by molar-refractivity contribution is -0.140. The van der Waals surface area contributed by atoms with Crippen molar-refractivity contribution in [1.82, 2.24) is 25.5 Å². The quantitative estimate of drug-likeness (QED) is 0.0652. The topological polar surface area (TPSA) is 162 Å². The summed E-state index contributed by atoms with van der Waals surface area (Å²) in [5, 5.41) is 28.1. The van der Waals surface area contributed by atoms with E-state index in [9.17, 15) is 47.0 Å². The van der Waals surface area contributed by atoms with Crippen LogP contribution < -0.4 is 10.6 Å². The number of carboxylic acid groups (broad SMARTS) is 2. The molecule has 0 aliphatic heterocycles. The number of aromatic nitrogens is 2. The van der Waals surface area contributed by atoms with Crippen LogP contribution in [0.5, 0.6) is 0 Å². The maximum atomic E-state index is 14.0. The molecule has 11 nitrogen and oxygen atoms in total. The fraction of sp³-hybridized carbons (Fsp3) is 0.193. The van der Waals surface area contributed by atoms with Gasteiger partial charge in [-0.15, -0.1) is 0 Å². The number of carboxylic acids is 2. The Bertz CT molecular complexity index is 3250. The summed E-state index contributed by atoms with van der Waals surface area (Å²) in [6.45, 7) is 2.91. The van der Waals surface area contributed by atoms with Crippen LogP contribution in [-0.2, 0) is 48.2 Å². The smallest absolute Gasteiger partial charge is 0.326 e. The van der Waals surface area contributed by atoms with E-state index >= 15 is 0 Å². The number of hydrogen-bond acceptors (Lipinski definition) is 7. The summed E-state index contributed by atoms with van der Waals surface area (Å²) in [5.74, 6) is -9.06. The van der Waals surface area contributed by atoms with Crippen molar-refractivity contribution in [3.8, 4) is 0 Å². The molecule has 0 spiro atoms. The summed E-state index contributed by atoms with van der Waals surface area (Å²) in [6, 6.07) is 34.4. The van der Waals surface area contributed by atoms with Crippen molar-refractivity contribution in [3.05, 3.63) is 225 Å². The van der Waals surface area contributed by atoms with Gasteiger partial charge in [0, 0.05) is 55.4 Å². The first-order chi connectivity index (χ1) is 34.6. The molecule has 368 valence electrons. The first-order valence-electron chi connectivity index (χ1n) is 23.1. The van der Waals surface area contributed by atoms with E-state index in [1.165, 1.54) is 11.1 Å². The van der Waals surface area contributed by atoms with Gasteiger partial charge in [0.1, 0.15) is 46.5 Å². The van der Waals surface area contributed by atoms with Gasteiger partial charge >= 0.3 is 11.9 Å². The predicted molar refractivity (Wildman–Crippen MR) is 267 cm³/mol. The Morgan fingerprint density at radius 1 is 0.528 bits per heavy atom. The highest BCUT2D eigenvalue weighted by molar-refractivity contribution is 5.98. The molecule has 2 aromatic heterocycles. The van der Waals surface area contributed by atoms with Crippen molar-refractivity contribution in [1.29, 1.82) is 0 Å². The second kappa shape index (κ2) is 23.5. The number of aliphatic carboxylic acids is 2. The number of aryl methyl sites for hydroxylation is 1. The van der Waals surface area contributed by atoms with Crippen molar-refractivity contribution in [2.24, 2.45) is 0 Å². The van der Waals surface area contributed by atoms with Crippen molar-refractivity contribution < 1.29 is 47.0 Å². The zero-order chi connectivity index (χ0) is 51.5. The van der Waals surface area contributed by atoms with Crippen LogP contribution in [0.4, 0.5) is 17.6 Å². The summed E-state index contributed by atoms with van der Waals surface area (Å²) in [6.07, 6.45) is 5.48. The minimum atomic E-state index is -1.37. The van der Waals surface area contributed by atoms with Crippen LogP contribution in [0, 0.1) is 23.3 Å². The number of fused-ring (bicyclic) bond motifs is 2. The second-order valence-corrected chi connectivity index (χ2v) is 17.5. The van der Waals surface area contributed by atoms with Gasteiger partial charge in [0.15, 0.2) is 0 Å². The van der Waals surface area contributed by atoms with E-state index in [4.69, 9.17) is 0 Å². The number of carbonyl (C=O) groups excluding carboxylic acids is 2. The van der Waals surface area contributed by atoms with Crippen molar-refractivity contribution >= 4 is 45.3 Å². The van der Waals surface area contributed by atoms with Crippen molar-refractivity contribution in [2.75, 3.05) is 14.1 Å². The Hall–Kier alpha value is -8.30. The Balaban J connectivity index is 0.000000212. The van der Waals surface area contributed by atoms with Crippen molar-refractivity contribution in [2.45, 2.75) is 57.7 Å². The number of nitrogens with zero attached hydrogens (tertiary/aromatic N) is 3. The molecule has 0 saturated carbocycles. The molecule has 8 rings (SSSR count). The van der Waals surface area contributed by atoms with Crippen LogP contribution in [0.3, 0.4) is 0 Å². The Morgan fingerprint density at radius 2 is 0.986 bits per heavy atom. The maximum Gasteiger partial charge on any atom is 0.326 e. The third-order valence-electron chi connectivity index (χ3n) is 12.0. The van der Waals surface area contributed by atoms with E-state index < -0.39 is 70.2 Å². The third-order valence-corrected chi connectivity index (χ3v) is 12.0. The first kappa shape index (κ1) is 51.5. The average molecular weight is 978 g/mol. The number of hydrogen-bond donors (Lipinski definition) is 4. The van der Waals surface area contributed by atoms with E-state index in [1.807, 2.05) is 74.8 Å². The lowest BCUT2D eigenvalue weighted by Gasteiger charge is -2.16. The summed E-state index contributed by atoms with van der Waals surface area (Å²) in [5.41, 5.74) is 5.81. The second-order valence-electron chi connectivity index (χ2n) is 17.5. The fourth-order valence-electron chi connectivity index (χ4n) is 8.48. The molecule has 0 fully saturated rings. The number of benzene rings is 6. The summed E-state index contributed by atoms with van der Waals surface area (Å²) >= 11 is 0. The van der Waals surface area contributed by atoms with Gasteiger partial charge in [0.2, 0.25) is 0 Å². The van der Waals surface area contributed by atoms with Gasteiger partial charge < -0.3 is 25.7 Å². The Labute approximate surface area is 413 Å². The minimum absolute atomic E-state index is 0.0478. The van der Waals surface area contributed by atoms with E-state index in [0.717, 1.165) is 93.4 Å². The van der Waals surface area contributed by atoms with Gasteiger partial charge in [-0.3, -0.25) is 19.6 Å². The molecule has 0 bridgehead atoms. The van der Waals surface area contributed by atoms with Gasteiger partial charge in [-0.25, -0.2) is 27.2 Å². The molecule has 2 unspecified atom stereocenters. The van der Waals surface area contributed by atoms with Crippen LogP contribution in [-0.4, -0.2) is 75.0 Å². The van der Waals surface area contributed by atoms with Gasteiger partial charge in [0.05, 0.1) is 11.4 Å². The molecule has 0 radical (unpaired) electrons. The molecule has 2 amide bonds. The van der Waals surface area contributed by atoms with Gasteiger partial charge in [-0.1, -0.05) is 104 Å². The molecular weight excluding hydrogens is 927 g/mol. The Kier molecular flexibility index (Phi) is 16.9. The summed E-state index contributed by atoms with van der Waals surface area (Å²) in [7, 11) is 4.04. The van der Waals surface area contributed by atoms with E-state index in [1.54, 1.807) is 24.5 Å². The molecule has 0 aliphatic rings. The molecule has 72 heavy (non-hydrogen) atoms. The highest BCUT2D eigenvalue weighted by atomic mass is 19.1. The maximum absolute atomic E-state index is 14.0. The molecule has 15 heteroatoms. The summed E-state index contributed by atoms with van der Waals surface area (Å²) < 4.78 is 55.8. The molecular formula is C57H51F4N5O6. The van der Waals surface area contributed by atoms with Crippen LogP contribution >= 0.6 is 0 Å². The highest BCUT2D eigenvalue weighted by Crippen LogP contribution is 2.26. The van der Waals surface area contributed by atoms with Gasteiger partial charge in [-0.05, 0) is 101 Å². The van der Waals surface area contributed by atoms with Crippen LogP contribution in [0.2, 0.25) is 0 Å². The minimum Gasteiger partial charge on any atom is -0.480 e.